The Morgan fingerprint density at radius 1 is 1.17 bits per heavy atom. The Morgan fingerprint density at radius 3 is 2.71 bits per heavy atom. The van der Waals surface area contributed by atoms with Gasteiger partial charge in [0.2, 0.25) is 5.88 Å². The molecule has 1 atom stereocenters. The van der Waals surface area contributed by atoms with E-state index in [2.05, 4.69) is 20.5 Å². The van der Waals surface area contributed by atoms with Crippen molar-refractivity contribution in [1.82, 2.24) is 30.3 Å². The van der Waals surface area contributed by atoms with Gasteiger partial charge in [-0.05, 0) is 74.8 Å². The fraction of sp³-hybridized carbons (Fsp3) is 0.400. The Balaban J connectivity index is 1.27. The number of nitrogen functional groups attached to an aromatic ring is 1. The van der Waals surface area contributed by atoms with Gasteiger partial charge >= 0.3 is 0 Å². The number of pyridine rings is 1. The summed E-state index contributed by atoms with van der Waals surface area (Å²) in [5, 5.41) is 34.2. The molecule has 0 bridgehead atoms. The molecule has 1 aliphatic rings. The minimum absolute atomic E-state index is 0.0691. The van der Waals surface area contributed by atoms with Crippen molar-refractivity contribution in [2.24, 2.45) is 5.92 Å². The molecule has 0 aliphatic heterocycles. The van der Waals surface area contributed by atoms with Crippen LogP contribution in [0.5, 0.6) is 11.6 Å². The molecule has 1 unspecified atom stereocenters. The second-order valence-corrected chi connectivity index (χ2v) is 10.4. The lowest BCUT2D eigenvalue weighted by Crippen LogP contribution is -2.23. The molecule has 0 radical (unpaired) electrons. The van der Waals surface area contributed by atoms with Crippen LogP contribution in [0.25, 0.3) is 22.2 Å². The number of H-pyrrole nitrogens is 1. The molecule has 3 heterocycles. The molecular formula is C30H37N7O4. The van der Waals surface area contributed by atoms with Gasteiger partial charge in [-0.1, -0.05) is 18.2 Å². The van der Waals surface area contributed by atoms with Gasteiger partial charge in [0.1, 0.15) is 17.0 Å². The van der Waals surface area contributed by atoms with Crippen molar-refractivity contribution in [3.8, 4) is 22.9 Å². The lowest BCUT2D eigenvalue weighted by atomic mass is 9.83. The summed E-state index contributed by atoms with van der Waals surface area (Å²) in [7, 11) is 0. The molecule has 216 valence electrons. The van der Waals surface area contributed by atoms with Crippen LogP contribution in [0.15, 0.2) is 65.6 Å². The normalized spacial score (nSPS) is 18.2. The highest BCUT2D eigenvalue weighted by atomic mass is 16.5. The summed E-state index contributed by atoms with van der Waals surface area (Å²) < 4.78 is 7.66. The molecule has 0 amide bonds. The van der Waals surface area contributed by atoms with Crippen molar-refractivity contribution in [3.05, 3.63) is 71.2 Å². The highest BCUT2D eigenvalue weighted by Gasteiger charge is 2.28. The zero-order valence-corrected chi connectivity index (χ0v) is 22.9. The number of aliphatic hydroxyl groups excluding tert-OH is 2. The summed E-state index contributed by atoms with van der Waals surface area (Å²) in [6.07, 6.45) is 10.3. The number of nitrogens with zero attached hydrogens (tertiary/aromatic N) is 4. The van der Waals surface area contributed by atoms with E-state index in [-0.39, 0.29) is 24.0 Å². The first kappa shape index (κ1) is 28.5. The minimum atomic E-state index is -0.476. The van der Waals surface area contributed by atoms with E-state index in [0.29, 0.717) is 53.7 Å². The third-order valence-electron chi connectivity index (χ3n) is 7.59. The van der Waals surface area contributed by atoms with E-state index < -0.39 is 6.10 Å². The Hall–Kier alpha value is -4.06. The number of aromatic amines is 1. The number of fused-ring (bicyclic) bond motifs is 1. The van der Waals surface area contributed by atoms with Crippen LogP contribution in [0.2, 0.25) is 0 Å². The van der Waals surface area contributed by atoms with Crippen molar-refractivity contribution < 1.29 is 14.9 Å². The molecule has 4 aromatic rings. The van der Waals surface area contributed by atoms with Crippen LogP contribution in [0, 0.1) is 5.92 Å². The quantitative estimate of drug-likeness (QED) is 0.129. The van der Waals surface area contributed by atoms with Crippen LogP contribution in [-0.4, -0.2) is 61.0 Å². The fourth-order valence-corrected chi connectivity index (χ4v) is 5.46. The molecule has 11 heteroatoms. The third-order valence-corrected chi connectivity index (χ3v) is 7.59. The van der Waals surface area contributed by atoms with E-state index in [1.807, 2.05) is 53.2 Å². The number of aliphatic hydroxyl groups is 2. The van der Waals surface area contributed by atoms with Crippen molar-refractivity contribution in [2.75, 3.05) is 25.4 Å². The van der Waals surface area contributed by atoms with Gasteiger partial charge in [0.15, 0.2) is 5.82 Å². The average Bonchev–Trinajstić information content (AvgIpc) is 3.41. The molecule has 5 rings (SSSR count). The Morgan fingerprint density at radius 2 is 1.98 bits per heavy atom. The summed E-state index contributed by atoms with van der Waals surface area (Å²) in [6.45, 7) is 1.27. The van der Waals surface area contributed by atoms with Gasteiger partial charge < -0.3 is 26.0 Å². The third kappa shape index (κ3) is 6.99. The molecule has 0 saturated heterocycles. The summed E-state index contributed by atoms with van der Waals surface area (Å²) in [4.78, 5) is 17.2. The second kappa shape index (κ2) is 13.5. The maximum atomic E-state index is 13.0. The fourth-order valence-electron chi connectivity index (χ4n) is 5.46. The van der Waals surface area contributed by atoms with Crippen LogP contribution in [-0.2, 0) is 0 Å². The van der Waals surface area contributed by atoms with Gasteiger partial charge in [0.25, 0.3) is 5.56 Å². The lowest BCUT2D eigenvalue weighted by Gasteiger charge is -2.29. The summed E-state index contributed by atoms with van der Waals surface area (Å²) in [5.41, 5.74) is 7.83. The molecule has 1 aromatic carbocycles. The van der Waals surface area contributed by atoms with Gasteiger partial charge in [0.05, 0.1) is 24.1 Å². The number of nitrogens with one attached hydrogen (secondary N) is 2. The first-order valence-corrected chi connectivity index (χ1v) is 14.2. The number of rotatable bonds is 12. The first-order valence-electron chi connectivity index (χ1n) is 14.2. The Bertz CT molecular complexity index is 1490. The largest absolute Gasteiger partial charge is 0.439 e. The smallest absolute Gasteiger partial charge is 0.290 e. The predicted molar refractivity (Wildman–Crippen MR) is 158 cm³/mol. The van der Waals surface area contributed by atoms with Gasteiger partial charge in [-0.15, -0.1) is 0 Å². The van der Waals surface area contributed by atoms with E-state index in [0.717, 1.165) is 37.7 Å². The molecular weight excluding hydrogens is 522 g/mol. The number of nitrogens with two attached hydrogens (primary N) is 1. The number of hydrogen-bond acceptors (Lipinski definition) is 9. The van der Waals surface area contributed by atoms with E-state index in [9.17, 15) is 9.90 Å². The Labute approximate surface area is 238 Å². The number of ether oxygens (including phenoxy) is 1. The standard InChI is InChI=1S/C30H37N7O4/c31-29-26-27(21-9-14-24(15-10-21)41-25-5-1-2-17-33-25)36-37(28(26)30(40)35-34-29)22-11-6-20(7-12-22)8-13-23(39)4-3-16-32-18-19-38/h1-5,9-10,14-15,17,20,22-23,32,38-39H,6-8,11-13,16,18-19H2,(H2,31,34)(H,35,40)/b4-3+/t20-,22+,23?. The summed E-state index contributed by atoms with van der Waals surface area (Å²) in [5.74, 6) is 1.89. The molecule has 6 N–H and O–H groups in total. The SMILES string of the molecule is Nc1n[nH]c(=O)c2c1c(-c1ccc(Oc3ccccn3)cc1)nn2[C@H]1CC[C@@H](CCC(O)/C=C/CNCCO)CC1. The van der Waals surface area contributed by atoms with Crippen LogP contribution in [0.4, 0.5) is 5.82 Å². The van der Waals surface area contributed by atoms with Crippen LogP contribution >= 0.6 is 0 Å². The summed E-state index contributed by atoms with van der Waals surface area (Å²) >= 11 is 0. The van der Waals surface area contributed by atoms with Crippen molar-refractivity contribution >= 4 is 16.7 Å². The Kier molecular flexibility index (Phi) is 9.40. The highest BCUT2D eigenvalue weighted by Crippen LogP contribution is 2.38. The van der Waals surface area contributed by atoms with Gasteiger partial charge in [-0.3, -0.25) is 9.48 Å². The maximum absolute atomic E-state index is 13.0. The molecule has 1 fully saturated rings. The molecule has 41 heavy (non-hydrogen) atoms. The summed E-state index contributed by atoms with van der Waals surface area (Å²) in [6, 6.07) is 13.0. The first-order chi connectivity index (χ1) is 20.0. The van der Waals surface area contributed by atoms with E-state index in [1.165, 1.54) is 0 Å². The molecule has 1 aliphatic carbocycles. The van der Waals surface area contributed by atoms with E-state index in [4.69, 9.17) is 20.7 Å². The van der Waals surface area contributed by atoms with E-state index >= 15 is 0 Å². The molecule has 11 nitrogen and oxygen atoms in total. The van der Waals surface area contributed by atoms with Crippen molar-refractivity contribution in [2.45, 2.75) is 50.7 Å². The number of anilines is 1. The zero-order chi connectivity index (χ0) is 28.6. The number of benzene rings is 1. The monoisotopic (exact) mass is 559 g/mol. The zero-order valence-electron chi connectivity index (χ0n) is 22.9. The molecule has 1 saturated carbocycles. The molecule has 3 aromatic heterocycles. The van der Waals surface area contributed by atoms with Gasteiger partial charge in [-0.2, -0.15) is 10.2 Å². The lowest BCUT2D eigenvalue weighted by molar-refractivity contribution is 0.182. The van der Waals surface area contributed by atoms with Crippen molar-refractivity contribution in [1.29, 1.82) is 0 Å². The number of hydrogen-bond donors (Lipinski definition) is 5. The van der Waals surface area contributed by atoms with Gasteiger partial charge in [0, 0.05) is 30.9 Å². The topological polar surface area (TPSA) is 164 Å². The average molecular weight is 560 g/mol. The van der Waals surface area contributed by atoms with Crippen LogP contribution in [0.3, 0.4) is 0 Å². The van der Waals surface area contributed by atoms with Crippen molar-refractivity contribution in [3.63, 3.8) is 0 Å². The highest BCUT2D eigenvalue weighted by molar-refractivity contribution is 5.99. The second-order valence-electron chi connectivity index (χ2n) is 10.4. The van der Waals surface area contributed by atoms with E-state index in [1.54, 1.807) is 12.3 Å². The predicted octanol–water partition coefficient (Wildman–Crippen LogP) is 3.57. The van der Waals surface area contributed by atoms with Crippen LogP contribution in [0.1, 0.15) is 44.6 Å². The van der Waals surface area contributed by atoms with Crippen LogP contribution < -0.4 is 21.3 Å². The number of aromatic nitrogens is 5. The van der Waals surface area contributed by atoms with Gasteiger partial charge in [-0.25, -0.2) is 10.1 Å². The molecule has 0 spiro atoms. The minimum Gasteiger partial charge on any atom is -0.439 e. The maximum Gasteiger partial charge on any atom is 0.290 e.